The first kappa shape index (κ1) is 21.3. The van der Waals surface area contributed by atoms with E-state index in [-0.39, 0.29) is 17.2 Å². The van der Waals surface area contributed by atoms with Gasteiger partial charge in [0.1, 0.15) is 5.70 Å². The molecule has 3 amide bonds. The van der Waals surface area contributed by atoms with Crippen LogP contribution in [0.3, 0.4) is 0 Å². The van der Waals surface area contributed by atoms with Crippen molar-refractivity contribution in [3.63, 3.8) is 0 Å². The zero-order chi connectivity index (χ0) is 22.8. The smallest absolute Gasteiger partial charge is 0.282 e. The fourth-order valence-electron chi connectivity index (χ4n) is 3.47. The Balaban J connectivity index is 1.76. The van der Waals surface area contributed by atoms with Gasteiger partial charge in [-0.05, 0) is 48.9 Å². The maximum absolute atomic E-state index is 13.4. The SMILES string of the molecule is CC(=O)Nc1ccc(NC2=C(c3ccc(C)cc3)C(=O)N(c3ccccc3Cl)C2=O)cc1. The average molecular weight is 446 g/mol. The lowest BCUT2D eigenvalue weighted by molar-refractivity contribution is -0.120. The van der Waals surface area contributed by atoms with Crippen molar-refractivity contribution in [2.24, 2.45) is 0 Å². The monoisotopic (exact) mass is 445 g/mol. The molecule has 1 aliphatic heterocycles. The van der Waals surface area contributed by atoms with Gasteiger partial charge in [0.05, 0.1) is 16.3 Å². The van der Waals surface area contributed by atoms with Gasteiger partial charge in [-0.2, -0.15) is 0 Å². The van der Waals surface area contributed by atoms with Gasteiger partial charge in [0, 0.05) is 18.3 Å². The molecule has 7 heteroatoms. The van der Waals surface area contributed by atoms with Crippen LogP contribution in [-0.2, 0) is 14.4 Å². The maximum Gasteiger partial charge on any atom is 0.282 e. The summed E-state index contributed by atoms with van der Waals surface area (Å²) < 4.78 is 0. The number of nitrogens with zero attached hydrogens (tertiary/aromatic N) is 1. The molecule has 2 N–H and O–H groups in total. The summed E-state index contributed by atoms with van der Waals surface area (Å²) in [6, 6.07) is 21.0. The Labute approximate surface area is 190 Å². The molecular formula is C25H20ClN3O3. The summed E-state index contributed by atoms with van der Waals surface area (Å²) >= 11 is 6.30. The number of hydrogen-bond donors (Lipinski definition) is 2. The van der Waals surface area contributed by atoms with E-state index < -0.39 is 11.8 Å². The number of halogens is 1. The number of benzene rings is 3. The van der Waals surface area contributed by atoms with E-state index in [0.29, 0.717) is 27.6 Å². The van der Waals surface area contributed by atoms with E-state index in [0.717, 1.165) is 10.5 Å². The number of amides is 3. The second-order valence-corrected chi connectivity index (χ2v) is 7.80. The Hall–Kier alpha value is -3.90. The van der Waals surface area contributed by atoms with Crippen molar-refractivity contribution in [1.29, 1.82) is 0 Å². The predicted octanol–water partition coefficient (Wildman–Crippen LogP) is 5.00. The van der Waals surface area contributed by atoms with Crippen molar-refractivity contribution in [3.05, 3.63) is 94.6 Å². The van der Waals surface area contributed by atoms with Crippen LogP contribution in [0.2, 0.25) is 5.02 Å². The number of rotatable bonds is 5. The molecule has 0 aliphatic carbocycles. The van der Waals surface area contributed by atoms with E-state index in [2.05, 4.69) is 10.6 Å². The fraction of sp³-hybridized carbons (Fsp3) is 0.0800. The van der Waals surface area contributed by atoms with Crippen molar-refractivity contribution < 1.29 is 14.4 Å². The first-order valence-corrected chi connectivity index (χ1v) is 10.3. The number of anilines is 3. The molecule has 6 nitrogen and oxygen atoms in total. The fourth-order valence-corrected chi connectivity index (χ4v) is 3.69. The zero-order valence-electron chi connectivity index (χ0n) is 17.5. The van der Waals surface area contributed by atoms with Crippen LogP contribution < -0.4 is 15.5 Å². The third-order valence-corrected chi connectivity index (χ3v) is 5.31. The summed E-state index contributed by atoms with van der Waals surface area (Å²) in [6.07, 6.45) is 0. The molecule has 0 aromatic heterocycles. The molecule has 0 fully saturated rings. The van der Waals surface area contributed by atoms with E-state index in [9.17, 15) is 14.4 Å². The van der Waals surface area contributed by atoms with Crippen molar-refractivity contribution in [2.75, 3.05) is 15.5 Å². The Morgan fingerprint density at radius 2 is 1.47 bits per heavy atom. The second-order valence-electron chi connectivity index (χ2n) is 7.40. The quantitative estimate of drug-likeness (QED) is 0.541. The Morgan fingerprint density at radius 1 is 0.844 bits per heavy atom. The maximum atomic E-state index is 13.4. The van der Waals surface area contributed by atoms with Crippen LogP contribution in [0.4, 0.5) is 17.1 Å². The van der Waals surface area contributed by atoms with Crippen molar-refractivity contribution >= 4 is 52.0 Å². The summed E-state index contributed by atoms with van der Waals surface area (Å²) in [4.78, 5) is 39.2. The number of nitrogens with one attached hydrogen (secondary N) is 2. The summed E-state index contributed by atoms with van der Waals surface area (Å²) in [7, 11) is 0. The van der Waals surface area contributed by atoms with Gasteiger partial charge in [0.2, 0.25) is 5.91 Å². The topological polar surface area (TPSA) is 78.5 Å². The third kappa shape index (κ3) is 4.13. The van der Waals surface area contributed by atoms with Crippen LogP contribution in [0.25, 0.3) is 5.57 Å². The first-order valence-electron chi connectivity index (χ1n) is 9.94. The van der Waals surface area contributed by atoms with Crippen LogP contribution in [0.5, 0.6) is 0 Å². The van der Waals surface area contributed by atoms with E-state index in [1.54, 1.807) is 48.5 Å². The zero-order valence-corrected chi connectivity index (χ0v) is 18.2. The third-order valence-electron chi connectivity index (χ3n) is 4.99. The number of carbonyl (C=O) groups excluding carboxylic acids is 3. The molecule has 32 heavy (non-hydrogen) atoms. The molecule has 0 saturated heterocycles. The molecule has 3 aromatic carbocycles. The molecule has 160 valence electrons. The normalized spacial score (nSPS) is 13.5. The van der Waals surface area contributed by atoms with Crippen LogP contribution in [0.1, 0.15) is 18.1 Å². The number of imide groups is 1. The largest absolute Gasteiger partial charge is 0.350 e. The van der Waals surface area contributed by atoms with Crippen LogP contribution >= 0.6 is 11.6 Å². The molecule has 0 spiro atoms. The molecule has 0 radical (unpaired) electrons. The van der Waals surface area contributed by atoms with Crippen LogP contribution in [-0.4, -0.2) is 17.7 Å². The van der Waals surface area contributed by atoms with Gasteiger partial charge in [-0.1, -0.05) is 53.6 Å². The van der Waals surface area contributed by atoms with Crippen LogP contribution in [0.15, 0.2) is 78.5 Å². The lowest BCUT2D eigenvalue weighted by atomic mass is 10.0. The summed E-state index contributed by atoms with van der Waals surface area (Å²) in [5.74, 6) is -1.13. The van der Waals surface area contributed by atoms with Gasteiger partial charge in [-0.25, -0.2) is 4.90 Å². The minimum absolute atomic E-state index is 0.158. The van der Waals surface area contributed by atoms with E-state index in [1.807, 2.05) is 31.2 Å². The highest BCUT2D eigenvalue weighted by molar-refractivity contribution is 6.48. The lowest BCUT2D eigenvalue weighted by Crippen LogP contribution is -2.32. The molecule has 1 aliphatic rings. The minimum atomic E-state index is -0.496. The Kier molecular flexibility index (Phi) is 5.79. The molecule has 3 aromatic rings. The molecule has 0 unspecified atom stereocenters. The van der Waals surface area contributed by atoms with Gasteiger partial charge in [-0.3, -0.25) is 14.4 Å². The predicted molar refractivity (Wildman–Crippen MR) is 126 cm³/mol. The average Bonchev–Trinajstić information content (AvgIpc) is 3.00. The van der Waals surface area contributed by atoms with Crippen molar-refractivity contribution in [1.82, 2.24) is 0 Å². The highest BCUT2D eigenvalue weighted by atomic mass is 35.5. The Bertz CT molecular complexity index is 1250. The molecule has 4 rings (SSSR count). The second kappa shape index (κ2) is 8.69. The van der Waals surface area contributed by atoms with E-state index >= 15 is 0 Å². The summed E-state index contributed by atoms with van der Waals surface area (Å²) in [5.41, 5.74) is 3.64. The van der Waals surface area contributed by atoms with Gasteiger partial charge in [-0.15, -0.1) is 0 Å². The highest BCUT2D eigenvalue weighted by Gasteiger charge is 2.41. The minimum Gasteiger partial charge on any atom is -0.350 e. The summed E-state index contributed by atoms with van der Waals surface area (Å²) in [6.45, 7) is 3.38. The number of para-hydroxylation sites is 1. The standard InChI is InChI=1S/C25H20ClN3O3/c1-15-7-9-17(10-8-15)22-23(28-19-13-11-18(12-14-19)27-16(2)30)25(32)29(24(22)31)21-6-4-3-5-20(21)26/h3-14,28H,1-2H3,(H,27,30). The van der Waals surface area contributed by atoms with Gasteiger partial charge in [0.25, 0.3) is 11.8 Å². The van der Waals surface area contributed by atoms with E-state index in [1.165, 1.54) is 6.92 Å². The van der Waals surface area contributed by atoms with Crippen LogP contribution in [0, 0.1) is 6.92 Å². The molecule has 1 heterocycles. The lowest BCUT2D eigenvalue weighted by Gasteiger charge is -2.16. The number of carbonyl (C=O) groups is 3. The van der Waals surface area contributed by atoms with E-state index in [4.69, 9.17) is 11.6 Å². The van der Waals surface area contributed by atoms with Gasteiger partial charge < -0.3 is 10.6 Å². The van der Waals surface area contributed by atoms with Crippen molar-refractivity contribution in [2.45, 2.75) is 13.8 Å². The number of aryl methyl sites for hydroxylation is 1. The highest BCUT2D eigenvalue weighted by Crippen LogP contribution is 2.36. The van der Waals surface area contributed by atoms with Gasteiger partial charge in [0.15, 0.2) is 0 Å². The van der Waals surface area contributed by atoms with Gasteiger partial charge >= 0.3 is 0 Å². The first-order chi connectivity index (χ1) is 15.3. The Morgan fingerprint density at radius 3 is 2.09 bits per heavy atom. The molecule has 0 atom stereocenters. The molecule has 0 bridgehead atoms. The number of hydrogen-bond acceptors (Lipinski definition) is 4. The molecule has 0 saturated carbocycles. The molecular weight excluding hydrogens is 426 g/mol. The summed E-state index contributed by atoms with van der Waals surface area (Å²) in [5, 5.41) is 6.09. The van der Waals surface area contributed by atoms with Crippen molar-refractivity contribution in [3.8, 4) is 0 Å².